The predicted octanol–water partition coefficient (Wildman–Crippen LogP) is 3.67. The molecule has 0 aliphatic carbocycles. The third kappa shape index (κ3) is 4.65. The number of rotatable bonds is 7. The van der Waals surface area contributed by atoms with Gasteiger partial charge in [0.2, 0.25) is 0 Å². The molecule has 0 saturated carbocycles. The van der Waals surface area contributed by atoms with Gasteiger partial charge in [0, 0.05) is 0 Å². The summed E-state index contributed by atoms with van der Waals surface area (Å²) in [5.41, 5.74) is 3.48. The molecule has 0 bridgehead atoms. The third-order valence-electron chi connectivity index (χ3n) is 5.43. The smallest absolute Gasteiger partial charge is 0.338 e. The van der Waals surface area contributed by atoms with Crippen LogP contribution in [-0.4, -0.2) is 23.8 Å². The second-order valence-electron chi connectivity index (χ2n) is 7.89. The third-order valence-corrected chi connectivity index (χ3v) is 6.42. The van der Waals surface area contributed by atoms with E-state index in [4.69, 9.17) is 9.47 Å². The number of benzene rings is 2. The quantitative estimate of drug-likeness (QED) is 0.387. The molecular weight excluding hydrogens is 448 g/mol. The van der Waals surface area contributed by atoms with Crippen LogP contribution < -0.4 is 19.6 Å². The van der Waals surface area contributed by atoms with Gasteiger partial charge in [0.1, 0.15) is 12.4 Å². The minimum absolute atomic E-state index is 0.207. The fourth-order valence-electron chi connectivity index (χ4n) is 3.86. The highest BCUT2D eigenvalue weighted by atomic mass is 32.1. The fourth-order valence-corrected chi connectivity index (χ4v) is 4.90. The van der Waals surface area contributed by atoms with E-state index in [-0.39, 0.29) is 12.2 Å². The number of carbonyl (C=O) groups is 1. The zero-order chi connectivity index (χ0) is 24.2. The SMILES string of the molecule is C=CCOc1cccc(/C=c2\sc3n(c2=O)C(c2ccc(C)cc2)C(C(=O)OCC)=C(C)N=3)c1. The molecule has 0 N–H and O–H groups in total. The van der Waals surface area contributed by atoms with E-state index in [1.54, 1.807) is 24.5 Å². The van der Waals surface area contributed by atoms with Gasteiger partial charge < -0.3 is 9.47 Å². The molecule has 1 unspecified atom stereocenters. The summed E-state index contributed by atoms with van der Waals surface area (Å²) in [6.07, 6.45) is 3.50. The molecule has 0 fully saturated rings. The summed E-state index contributed by atoms with van der Waals surface area (Å²) in [4.78, 5) is 31.7. The first kappa shape index (κ1) is 23.4. The molecule has 0 saturated heterocycles. The van der Waals surface area contributed by atoms with Crippen LogP contribution in [0.2, 0.25) is 0 Å². The molecule has 2 heterocycles. The number of allylic oxidation sites excluding steroid dienone is 1. The Morgan fingerprint density at radius 1 is 1.21 bits per heavy atom. The standard InChI is InChI=1S/C27H26N2O4S/c1-5-14-33-21-9-7-8-19(15-21)16-22-25(30)29-24(20-12-10-17(3)11-13-20)23(26(31)32-6-2)18(4)28-27(29)34-22/h5,7-13,15-16,24H,1,6,14H2,2-4H3/b22-16-. The van der Waals surface area contributed by atoms with Crippen molar-refractivity contribution in [2.45, 2.75) is 26.8 Å². The van der Waals surface area contributed by atoms with E-state index in [0.29, 0.717) is 33.0 Å². The Morgan fingerprint density at radius 2 is 1.97 bits per heavy atom. The van der Waals surface area contributed by atoms with Gasteiger partial charge >= 0.3 is 5.97 Å². The number of aryl methyl sites for hydroxylation is 1. The van der Waals surface area contributed by atoms with Crippen LogP contribution in [0.1, 0.15) is 36.6 Å². The summed E-state index contributed by atoms with van der Waals surface area (Å²) in [5, 5.41) is 0. The molecule has 1 aliphatic rings. The van der Waals surface area contributed by atoms with Crippen LogP contribution in [0, 0.1) is 6.92 Å². The minimum Gasteiger partial charge on any atom is -0.490 e. The number of carbonyl (C=O) groups excluding carboxylic acids is 1. The Balaban J connectivity index is 1.88. The number of fused-ring (bicyclic) bond motifs is 1. The van der Waals surface area contributed by atoms with Gasteiger partial charge in [-0.25, -0.2) is 9.79 Å². The van der Waals surface area contributed by atoms with Crippen LogP contribution in [0.3, 0.4) is 0 Å². The Bertz CT molecular complexity index is 1440. The van der Waals surface area contributed by atoms with Gasteiger partial charge in [0.25, 0.3) is 5.56 Å². The van der Waals surface area contributed by atoms with E-state index in [2.05, 4.69) is 11.6 Å². The van der Waals surface area contributed by atoms with Crippen LogP contribution in [-0.2, 0) is 9.53 Å². The Kier molecular flexibility index (Phi) is 6.93. The fraction of sp³-hybridized carbons (Fsp3) is 0.222. The average Bonchev–Trinajstić information content (AvgIpc) is 3.12. The summed E-state index contributed by atoms with van der Waals surface area (Å²) in [5.74, 6) is 0.232. The Morgan fingerprint density at radius 3 is 2.68 bits per heavy atom. The van der Waals surface area contributed by atoms with Crippen molar-refractivity contribution in [3.63, 3.8) is 0 Å². The summed E-state index contributed by atoms with van der Waals surface area (Å²) >= 11 is 1.30. The normalized spacial score (nSPS) is 15.5. The zero-order valence-electron chi connectivity index (χ0n) is 19.4. The average molecular weight is 475 g/mol. The van der Waals surface area contributed by atoms with E-state index < -0.39 is 12.0 Å². The van der Waals surface area contributed by atoms with Gasteiger partial charge in [0.05, 0.1) is 28.5 Å². The van der Waals surface area contributed by atoms with E-state index >= 15 is 0 Å². The molecule has 0 radical (unpaired) electrons. The summed E-state index contributed by atoms with van der Waals surface area (Å²) in [7, 11) is 0. The molecule has 6 nitrogen and oxygen atoms in total. The Hall–Kier alpha value is -3.71. The highest BCUT2D eigenvalue weighted by Crippen LogP contribution is 2.30. The van der Waals surface area contributed by atoms with Gasteiger partial charge in [-0.05, 0) is 50.1 Å². The van der Waals surface area contributed by atoms with Gasteiger partial charge in [-0.3, -0.25) is 9.36 Å². The van der Waals surface area contributed by atoms with Crippen LogP contribution in [0.25, 0.3) is 6.08 Å². The first-order chi connectivity index (χ1) is 16.4. The molecular formula is C27H26N2O4S. The molecule has 1 atom stereocenters. The van der Waals surface area contributed by atoms with Gasteiger partial charge in [-0.1, -0.05) is 66.0 Å². The van der Waals surface area contributed by atoms with E-state index in [0.717, 1.165) is 16.7 Å². The zero-order valence-corrected chi connectivity index (χ0v) is 20.2. The highest BCUT2D eigenvalue weighted by Gasteiger charge is 2.33. The van der Waals surface area contributed by atoms with Crippen molar-refractivity contribution in [1.29, 1.82) is 0 Å². The second-order valence-corrected chi connectivity index (χ2v) is 8.89. The largest absolute Gasteiger partial charge is 0.490 e. The lowest BCUT2D eigenvalue weighted by Gasteiger charge is -2.24. The highest BCUT2D eigenvalue weighted by molar-refractivity contribution is 7.07. The number of thiazole rings is 1. The lowest BCUT2D eigenvalue weighted by Crippen LogP contribution is -2.39. The van der Waals surface area contributed by atoms with Gasteiger partial charge in [-0.2, -0.15) is 0 Å². The second kappa shape index (κ2) is 10.1. The Labute approximate surface area is 201 Å². The number of esters is 1. The lowest BCUT2D eigenvalue weighted by atomic mass is 9.95. The van der Waals surface area contributed by atoms with Crippen molar-refractivity contribution in [3.05, 3.63) is 109 Å². The number of hydrogen-bond donors (Lipinski definition) is 0. The first-order valence-electron chi connectivity index (χ1n) is 11.0. The maximum absolute atomic E-state index is 13.6. The van der Waals surface area contributed by atoms with E-state index in [9.17, 15) is 9.59 Å². The van der Waals surface area contributed by atoms with E-state index in [1.165, 1.54) is 11.3 Å². The lowest BCUT2D eigenvalue weighted by molar-refractivity contribution is -0.139. The topological polar surface area (TPSA) is 69.9 Å². The van der Waals surface area contributed by atoms with Crippen molar-refractivity contribution in [2.24, 2.45) is 4.99 Å². The molecule has 4 rings (SSSR count). The van der Waals surface area contributed by atoms with Gasteiger partial charge in [0.15, 0.2) is 4.80 Å². The monoisotopic (exact) mass is 474 g/mol. The van der Waals surface area contributed by atoms with Crippen LogP contribution >= 0.6 is 11.3 Å². The number of ether oxygens (including phenoxy) is 2. The van der Waals surface area contributed by atoms with Crippen molar-refractivity contribution < 1.29 is 14.3 Å². The summed E-state index contributed by atoms with van der Waals surface area (Å²) in [6.45, 7) is 9.85. The van der Waals surface area contributed by atoms with Crippen molar-refractivity contribution in [3.8, 4) is 5.75 Å². The molecule has 0 spiro atoms. The number of aromatic nitrogens is 1. The molecule has 1 aromatic heterocycles. The van der Waals surface area contributed by atoms with E-state index in [1.807, 2.05) is 61.5 Å². The number of nitrogens with zero attached hydrogens (tertiary/aromatic N) is 2. The molecule has 1 aliphatic heterocycles. The maximum atomic E-state index is 13.6. The molecule has 7 heteroatoms. The summed E-state index contributed by atoms with van der Waals surface area (Å²) < 4.78 is 13.1. The van der Waals surface area contributed by atoms with Crippen molar-refractivity contribution in [2.75, 3.05) is 13.2 Å². The molecule has 3 aromatic rings. The molecule has 2 aromatic carbocycles. The van der Waals surface area contributed by atoms with Gasteiger partial charge in [-0.15, -0.1) is 0 Å². The maximum Gasteiger partial charge on any atom is 0.338 e. The minimum atomic E-state index is -0.611. The van der Waals surface area contributed by atoms with Crippen LogP contribution in [0.15, 0.2) is 82.2 Å². The molecule has 0 amide bonds. The summed E-state index contributed by atoms with van der Waals surface area (Å²) in [6, 6.07) is 14.7. The first-order valence-corrected chi connectivity index (χ1v) is 11.8. The van der Waals surface area contributed by atoms with Crippen LogP contribution in [0.5, 0.6) is 5.75 Å². The molecule has 174 valence electrons. The van der Waals surface area contributed by atoms with Crippen molar-refractivity contribution >= 4 is 23.4 Å². The number of hydrogen-bond acceptors (Lipinski definition) is 6. The van der Waals surface area contributed by atoms with Crippen LogP contribution in [0.4, 0.5) is 0 Å². The predicted molar refractivity (Wildman–Crippen MR) is 134 cm³/mol. The van der Waals surface area contributed by atoms with Crippen molar-refractivity contribution in [1.82, 2.24) is 4.57 Å². The molecule has 34 heavy (non-hydrogen) atoms.